The van der Waals surface area contributed by atoms with E-state index in [1.54, 1.807) is 0 Å². The Labute approximate surface area is 88.3 Å². The molecule has 0 aromatic carbocycles. The Morgan fingerprint density at radius 1 is 0.917 bits per heavy atom. The Morgan fingerprint density at radius 2 is 1.42 bits per heavy atom. The molecule has 0 nitrogen and oxygen atoms in total. The summed E-state index contributed by atoms with van der Waals surface area (Å²) in [4.78, 5) is 2.07. The topological polar surface area (TPSA) is 0 Å². The van der Waals surface area contributed by atoms with Crippen LogP contribution in [0.15, 0.2) is 0 Å². The van der Waals surface area contributed by atoms with Crippen molar-refractivity contribution in [3.05, 3.63) is 0 Å². The molecule has 0 heterocycles. The minimum absolute atomic E-state index is 1.13. The van der Waals surface area contributed by atoms with Crippen LogP contribution in [0.4, 0.5) is 0 Å². The van der Waals surface area contributed by atoms with Gasteiger partial charge in [0.25, 0.3) is 0 Å². The monoisotopic (exact) mass is 318 g/mol. The van der Waals surface area contributed by atoms with Gasteiger partial charge in [0, 0.05) is 0 Å². The summed E-state index contributed by atoms with van der Waals surface area (Å²) in [5.41, 5.74) is 0. The summed E-state index contributed by atoms with van der Waals surface area (Å²) in [7, 11) is 12.1. The van der Waals surface area contributed by atoms with Crippen molar-refractivity contribution < 1.29 is 0 Å². The Kier molecular flexibility index (Phi) is 8.64. The van der Waals surface area contributed by atoms with Gasteiger partial charge in [-0.1, -0.05) is 0 Å². The predicted molar refractivity (Wildman–Crippen MR) is 61.5 cm³/mol. The molecule has 74 valence electrons. The molecule has 0 spiro atoms. The number of rotatable bonds is 7. The fourth-order valence-electron chi connectivity index (χ4n) is 1.22. The molecule has 0 saturated heterocycles. The van der Waals surface area contributed by atoms with E-state index in [9.17, 15) is 0 Å². The molecule has 0 saturated carbocycles. The zero-order valence-electron chi connectivity index (χ0n) is 8.21. The first kappa shape index (κ1) is 13.4. The van der Waals surface area contributed by atoms with Gasteiger partial charge in [-0.25, -0.2) is 0 Å². The summed E-state index contributed by atoms with van der Waals surface area (Å²) in [5.74, 6) is 0. The predicted octanol–water partition coefficient (Wildman–Crippen LogP) is 4.90. The van der Waals surface area contributed by atoms with Crippen molar-refractivity contribution in [1.29, 1.82) is 0 Å². The van der Waals surface area contributed by atoms with Crippen LogP contribution in [0.3, 0.4) is 0 Å². The third kappa shape index (κ3) is 11.4. The minimum atomic E-state index is -2.43. The van der Waals surface area contributed by atoms with Crippen LogP contribution in [0.25, 0.3) is 0 Å². The van der Waals surface area contributed by atoms with Crippen molar-refractivity contribution in [3.63, 3.8) is 0 Å². The molecular weight excluding hydrogens is 298 g/mol. The van der Waals surface area contributed by atoms with Crippen LogP contribution >= 0.6 is 17.8 Å². The summed E-state index contributed by atoms with van der Waals surface area (Å²) in [6.45, 7) is 2.24. The zero-order chi connectivity index (χ0) is 9.45. The van der Waals surface area contributed by atoms with E-state index in [0.29, 0.717) is 0 Å². The van der Waals surface area contributed by atoms with E-state index in [-0.39, 0.29) is 0 Å². The molecule has 0 aliphatic carbocycles. The molecule has 0 atom stereocenters. The van der Waals surface area contributed by atoms with Crippen molar-refractivity contribution in [2.45, 2.75) is 54.8 Å². The van der Waals surface area contributed by atoms with E-state index in [2.05, 4.69) is 11.9 Å². The summed E-state index contributed by atoms with van der Waals surface area (Å²) in [5, 5.41) is 0. The van der Waals surface area contributed by atoms with Gasteiger partial charge in [-0.15, -0.1) is 0 Å². The average molecular weight is 318 g/mol. The normalized spacial score (nSPS) is 12.0. The van der Waals surface area contributed by atoms with Crippen LogP contribution in [0, 0.1) is 0 Å². The molecule has 0 bridgehead atoms. The molecule has 0 unspecified atom stereocenters. The first-order valence-corrected chi connectivity index (χ1v) is 17.0. The van der Waals surface area contributed by atoms with Gasteiger partial charge in [-0.2, -0.15) is 0 Å². The zero-order valence-corrected chi connectivity index (χ0v) is 12.6. The molecule has 0 amide bonds. The standard InChI is InChI=1S/C8H17.CH3.2ClH.Sn/c1-3-5-7-8-6-4-2;;;;/h1,3-8H2,2H3;1H3;2*1H;/q;;;;+2/p-2. The van der Waals surface area contributed by atoms with Gasteiger partial charge < -0.3 is 0 Å². The molecule has 0 N–H and O–H groups in total. The number of hydrogen-bond acceptors (Lipinski definition) is 0. The molecular formula is C9H20Cl2Sn. The summed E-state index contributed by atoms with van der Waals surface area (Å²) in [6.07, 6.45) is 8.02. The maximum atomic E-state index is 6.05. The number of hydrogen-bond donors (Lipinski definition) is 0. The van der Waals surface area contributed by atoms with Crippen molar-refractivity contribution >= 4 is 34.0 Å². The summed E-state index contributed by atoms with van der Waals surface area (Å²) < 4.78 is 1.13. The van der Waals surface area contributed by atoms with Crippen LogP contribution in [-0.4, -0.2) is 16.1 Å². The Morgan fingerprint density at radius 3 is 1.92 bits per heavy atom. The van der Waals surface area contributed by atoms with Crippen molar-refractivity contribution in [1.82, 2.24) is 0 Å². The molecule has 0 aromatic rings. The fraction of sp³-hybridized carbons (Fsp3) is 1.00. The Balaban J connectivity index is 3.01. The maximum absolute atomic E-state index is 6.05. The van der Waals surface area contributed by atoms with Gasteiger partial charge >= 0.3 is 88.8 Å². The molecule has 0 radical (unpaired) electrons. The fourth-order valence-corrected chi connectivity index (χ4v) is 5.49. The van der Waals surface area contributed by atoms with Crippen LogP contribution in [-0.2, 0) is 0 Å². The average Bonchev–Trinajstić information content (AvgIpc) is 1.94. The van der Waals surface area contributed by atoms with Gasteiger partial charge in [0.05, 0.1) is 0 Å². The second kappa shape index (κ2) is 7.75. The molecule has 0 aliphatic rings. The van der Waals surface area contributed by atoms with Crippen molar-refractivity contribution in [2.24, 2.45) is 0 Å². The number of unbranched alkanes of at least 4 members (excludes halogenated alkanes) is 5. The van der Waals surface area contributed by atoms with Crippen molar-refractivity contribution in [2.75, 3.05) is 0 Å². The van der Waals surface area contributed by atoms with E-state index in [4.69, 9.17) is 17.8 Å². The molecule has 0 fully saturated rings. The third-order valence-electron chi connectivity index (χ3n) is 1.97. The summed E-state index contributed by atoms with van der Waals surface area (Å²) in [6, 6.07) is 0. The first-order valence-electron chi connectivity index (χ1n) is 4.94. The SMILES string of the molecule is CCCCCCC[CH2][Sn]([CH3])([Cl])[Cl]. The Hall–Kier alpha value is 1.38. The second-order valence-corrected chi connectivity index (χ2v) is 23.6. The van der Waals surface area contributed by atoms with Gasteiger partial charge in [0.15, 0.2) is 0 Å². The molecule has 0 aliphatic heterocycles. The summed E-state index contributed by atoms with van der Waals surface area (Å²) >= 11 is -2.43. The third-order valence-corrected chi connectivity index (χ3v) is 8.02. The Bertz CT molecular complexity index is 99.2. The van der Waals surface area contributed by atoms with Gasteiger partial charge in [-0.05, 0) is 0 Å². The molecule has 0 aromatic heterocycles. The van der Waals surface area contributed by atoms with Crippen molar-refractivity contribution in [3.8, 4) is 0 Å². The first-order chi connectivity index (χ1) is 5.56. The van der Waals surface area contributed by atoms with E-state index < -0.39 is 16.1 Å². The van der Waals surface area contributed by atoms with Gasteiger partial charge in [0.1, 0.15) is 0 Å². The van der Waals surface area contributed by atoms with E-state index in [1.165, 1.54) is 38.5 Å². The second-order valence-electron chi connectivity index (χ2n) is 3.59. The molecule has 12 heavy (non-hydrogen) atoms. The quantitative estimate of drug-likeness (QED) is 0.463. The van der Waals surface area contributed by atoms with E-state index in [0.717, 1.165) is 4.44 Å². The van der Waals surface area contributed by atoms with Crippen LogP contribution in [0.2, 0.25) is 9.38 Å². The van der Waals surface area contributed by atoms with E-state index in [1.807, 2.05) is 0 Å². The molecule has 0 rings (SSSR count). The van der Waals surface area contributed by atoms with Crippen LogP contribution in [0.5, 0.6) is 0 Å². The van der Waals surface area contributed by atoms with Gasteiger partial charge in [0.2, 0.25) is 0 Å². The van der Waals surface area contributed by atoms with Gasteiger partial charge in [-0.3, -0.25) is 0 Å². The van der Waals surface area contributed by atoms with Crippen LogP contribution in [0.1, 0.15) is 45.4 Å². The number of halogens is 2. The molecule has 3 heteroatoms. The van der Waals surface area contributed by atoms with E-state index >= 15 is 0 Å². The van der Waals surface area contributed by atoms with Crippen LogP contribution < -0.4 is 0 Å².